The van der Waals surface area contributed by atoms with Gasteiger partial charge in [0, 0.05) is 30.6 Å². The van der Waals surface area contributed by atoms with Crippen molar-refractivity contribution >= 4 is 27.5 Å². The summed E-state index contributed by atoms with van der Waals surface area (Å²) in [7, 11) is -3.43. The van der Waals surface area contributed by atoms with Crippen molar-refractivity contribution in [3.63, 3.8) is 0 Å². The van der Waals surface area contributed by atoms with Crippen molar-refractivity contribution in [1.82, 2.24) is 9.62 Å². The molecule has 1 N–H and O–H groups in total. The number of aryl methyl sites for hydroxylation is 1. The Bertz CT molecular complexity index is 1020. The molecule has 0 bridgehead atoms. The van der Waals surface area contributed by atoms with Crippen LogP contribution in [0.1, 0.15) is 44.2 Å². The molecule has 0 atom stereocenters. The maximum Gasteiger partial charge on any atom is 0.223 e. The SMILES string of the molecule is CC(C)Oc1ccc(CCCNC(=O)C2CCN(S(=O)(=O)Cc3cccc(Cl)c3)CC2)cc1. The molecule has 180 valence electrons. The van der Waals surface area contributed by atoms with Crippen molar-refractivity contribution in [2.75, 3.05) is 19.6 Å². The van der Waals surface area contributed by atoms with Crippen LogP contribution in [-0.4, -0.2) is 44.4 Å². The van der Waals surface area contributed by atoms with Gasteiger partial charge in [0.1, 0.15) is 5.75 Å². The van der Waals surface area contributed by atoms with E-state index in [0.29, 0.717) is 43.1 Å². The van der Waals surface area contributed by atoms with E-state index in [1.54, 1.807) is 24.3 Å². The molecule has 6 nitrogen and oxygen atoms in total. The maximum absolute atomic E-state index is 12.7. The molecule has 2 aromatic rings. The van der Waals surface area contributed by atoms with Crippen molar-refractivity contribution in [2.24, 2.45) is 5.92 Å². The normalized spacial score (nSPS) is 15.5. The number of ether oxygens (including phenoxy) is 1. The minimum absolute atomic E-state index is 0.0163. The van der Waals surface area contributed by atoms with E-state index in [0.717, 1.165) is 18.6 Å². The first-order valence-electron chi connectivity index (χ1n) is 11.5. The Morgan fingerprint density at radius 3 is 2.45 bits per heavy atom. The fourth-order valence-electron chi connectivity index (χ4n) is 3.98. The van der Waals surface area contributed by atoms with Gasteiger partial charge in [-0.1, -0.05) is 35.9 Å². The Morgan fingerprint density at radius 1 is 1.12 bits per heavy atom. The molecule has 0 aromatic heterocycles. The van der Waals surface area contributed by atoms with Crippen LogP contribution in [-0.2, 0) is 27.0 Å². The van der Waals surface area contributed by atoms with E-state index in [-0.39, 0.29) is 23.7 Å². The van der Waals surface area contributed by atoms with Crippen LogP contribution in [0.5, 0.6) is 5.75 Å². The number of piperidine rings is 1. The van der Waals surface area contributed by atoms with Crippen LogP contribution < -0.4 is 10.1 Å². The fourth-order valence-corrected chi connectivity index (χ4v) is 5.74. The highest BCUT2D eigenvalue weighted by atomic mass is 35.5. The van der Waals surface area contributed by atoms with Crippen LogP contribution in [0.4, 0.5) is 0 Å². The molecule has 0 aliphatic carbocycles. The first-order valence-corrected chi connectivity index (χ1v) is 13.5. The lowest BCUT2D eigenvalue weighted by Gasteiger charge is -2.30. The van der Waals surface area contributed by atoms with Crippen molar-refractivity contribution < 1.29 is 17.9 Å². The van der Waals surface area contributed by atoms with Crippen LogP contribution in [0, 0.1) is 5.92 Å². The predicted octanol–water partition coefficient (Wildman–Crippen LogP) is 4.42. The molecule has 1 aliphatic heterocycles. The minimum Gasteiger partial charge on any atom is -0.491 e. The number of nitrogens with one attached hydrogen (secondary N) is 1. The number of sulfonamides is 1. The number of nitrogens with zero attached hydrogens (tertiary/aromatic N) is 1. The predicted molar refractivity (Wildman–Crippen MR) is 132 cm³/mol. The van der Waals surface area contributed by atoms with E-state index in [1.807, 2.05) is 26.0 Å². The minimum atomic E-state index is -3.43. The summed E-state index contributed by atoms with van der Waals surface area (Å²) in [6, 6.07) is 15.0. The average Bonchev–Trinajstić information content (AvgIpc) is 2.77. The lowest BCUT2D eigenvalue weighted by atomic mass is 9.97. The lowest BCUT2D eigenvalue weighted by Crippen LogP contribution is -2.43. The lowest BCUT2D eigenvalue weighted by molar-refractivity contribution is -0.126. The van der Waals surface area contributed by atoms with Gasteiger partial charge in [0.15, 0.2) is 0 Å². The number of carbonyl (C=O) groups is 1. The number of rotatable bonds is 10. The molecule has 0 spiro atoms. The molecule has 3 rings (SSSR count). The number of benzene rings is 2. The van der Waals surface area contributed by atoms with Crippen LogP contribution in [0.2, 0.25) is 5.02 Å². The summed E-state index contributed by atoms with van der Waals surface area (Å²) in [4.78, 5) is 12.5. The molecule has 33 heavy (non-hydrogen) atoms. The zero-order chi connectivity index (χ0) is 23.8. The quantitative estimate of drug-likeness (QED) is 0.498. The van der Waals surface area contributed by atoms with E-state index in [4.69, 9.17) is 16.3 Å². The van der Waals surface area contributed by atoms with Crippen LogP contribution in [0.3, 0.4) is 0 Å². The van der Waals surface area contributed by atoms with E-state index in [9.17, 15) is 13.2 Å². The van der Waals surface area contributed by atoms with Gasteiger partial charge in [0.25, 0.3) is 0 Å². The zero-order valence-corrected chi connectivity index (χ0v) is 20.9. The van der Waals surface area contributed by atoms with Crippen LogP contribution >= 0.6 is 11.6 Å². The molecule has 1 amide bonds. The van der Waals surface area contributed by atoms with Gasteiger partial charge in [-0.25, -0.2) is 12.7 Å². The summed E-state index contributed by atoms with van der Waals surface area (Å²) in [5, 5.41) is 3.54. The third kappa shape index (κ3) is 8.02. The third-order valence-corrected chi connectivity index (χ3v) is 7.78. The molecule has 1 heterocycles. The molecule has 1 fully saturated rings. The van der Waals surface area contributed by atoms with Gasteiger partial charge in [0.05, 0.1) is 11.9 Å². The molecule has 1 aliphatic rings. The van der Waals surface area contributed by atoms with Gasteiger partial charge in [-0.05, 0) is 74.9 Å². The van der Waals surface area contributed by atoms with Gasteiger partial charge in [-0.15, -0.1) is 0 Å². The second-order valence-electron chi connectivity index (χ2n) is 8.76. The van der Waals surface area contributed by atoms with Gasteiger partial charge in [-0.2, -0.15) is 0 Å². The summed E-state index contributed by atoms with van der Waals surface area (Å²) >= 11 is 5.96. The Labute approximate surface area is 202 Å². The summed E-state index contributed by atoms with van der Waals surface area (Å²) < 4.78 is 32.6. The number of halogens is 1. The molecule has 0 radical (unpaired) electrons. The molecule has 0 saturated carbocycles. The average molecular weight is 493 g/mol. The van der Waals surface area contributed by atoms with Crippen LogP contribution in [0.15, 0.2) is 48.5 Å². The molecule has 0 unspecified atom stereocenters. The number of hydrogen-bond donors (Lipinski definition) is 1. The van der Waals surface area contributed by atoms with Gasteiger partial charge in [0.2, 0.25) is 15.9 Å². The molecule has 1 saturated heterocycles. The fraction of sp³-hybridized carbons (Fsp3) is 0.480. The first kappa shape index (κ1) is 25.5. The second kappa shape index (κ2) is 11.9. The Kier molecular flexibility index (Phi) is 9.18. The van der Waals surface area contributed by atoms with Gasteiger partial charge >= 0.3 is 0 Å². The highest BCUT2D eigenvalue weighted by Gasteiger charge is 2.31. The van der Waals surface area contributed by atoms with E-state index >= 15 is 0 Å². The van der Waals surface area contributed by atoms with E-state index < -0.39 is 10.0 Å². The highest BCUT2D eigenvalue weighted by Crippen LogP contribution is 2.23. The number of carbonyl (C=O) groups excluding carboxylic acids is 1. The first-order chi connectivity index (χ1) is 15.7. The van der Waals surface area contributed by atoms with Crippen molar-refractivity contribution in [3.05, 3.63) is 64.7 Å². The number of amides is 1. The maximum atomic E-state index is 12.7. The Hall–Kier alpha value is -2.09. The van der Waals surface area contributed by atoms with Crippen LogP contribution in [0.25, 0.3) is 0 Å². The van der Waals surface area contributed by atoms with Gasteiger partial charge in [-0.3, -0.25) is 4.79 Å². The van der Waals surface area contributed by atoms with Gasteiger partial charge < -0.3 is 10.1 Å². The molecule has 2 aromatic carbocycles. The highest BCUT2D eigenvalue weighted by molar-refractivity contribution is 7.88. The Balaban J connectivity index is 1.37. The standard InChI is InChI=1S/C25H33ClN2O4S/c1-19(2)32-24-10-8-20(9-11-24)6-4-14-27-25(29)22-12-15-28(16-13-22)33(30,31)18-21-5-3-7-23(26)17-21/h3,5,7-11,17,19,22H,4,6,12-16,18H2,1-2H3,(H,27,29). The van der Waals surface area contributed by atoms with Crippen molar-refractivity contribution in [1.29, 1.82) is 0 Å². The summed E-state index contributed by atoms with van der Waals surface area (Å²) in [5.41, 5.74) is 1.88. The summed E-state index contributed by atoms with van der Waals surface area (Å²) in [6.45, 7) is 5.34. The summed E-state index contributed by atoms with van der Waals surface area (Å²) in [6.07, 6.45) is 2.96. The van der Waals surface area contributed by atoms with E-state index in [1.165, 1.54) is 9.87 Å². The molecular weight excluding hydrogens is 460 g/mol. The van der Waals surface area contributed by atoms with Crippen molar-refractivity contribution in [2.45, 2.75) is 51.4 Å². The number of hydrogen-bond acceptors (Lipinski definition) is 4. The smallest absolute Gasteiger partial charge is 0.223 e. The molecular formula is C25H33ClN2O4S. The topological polar surface area (TPSA) is 75.7 Å². The third-order valence-electron chi connectivity index (χ3n) is 5.69. The largest absolute Gasteiger partial charge is 0.491 e. The summed E-state index contributed by atoms with van der Waals surface area (Å²) in [5.74, 6) is 0.662. The van der Waals surface area contributed by atoms with Crippen molar-refractivity contribution in [3.8, 4) is 5.75 Å². The zero-order valence-electron chi connectivity index (χ0n) is 19.3. The monoisotopic (exact) mass is 492 g/mol. The molecule has 8 heteroatoms. The van der Waals surface area contributed by atoms with E-state index in [2.05, 4.69) is 17.4 Å². The Morgan fingerprint density at radius 2 is 1.82 bits per heavy atom. The second-order valence-corrected chi connectivity index (χ2v) is 11.2.